The molecule has 0 bridgehead atoms. The molecule has 0 unspecified atom stereocenters. The molecule has 1 aliphatic heterocycles. The summed E-state index contributed by atoms with van der Waals surface area (Å²) in [6.07, 6.45) is 1.84. The van der Waals surface area contributed by atoms with Crippen LogP contribution >= 0.6 is 12.4 Å². The number of amides is 1. The summed E-state index contributed by atoms with van der Waals surface area (Å²) >= 11 is 0. The lowest BCUT2D eigenvalue weighted by Gasteiger charge is -2.38. The second-order valence-corrected chi connectivity index (χ2v) is 6.34. The van der Waals surface area contributed by atoms with E-state index in [1.807, 2.05) is 30.3 Å². The van der Waals surface area contributed by atoms with E-state index in [1.54, 1.807) is 0 Å². The van der Waals surface area contributed by atoms with Crippen LogP contribution in [0.3, 0.4) is 0 Å². The lowest BCUT2D eigenvalue weighted by atomic mass is 9.74. The Bertz CT molecular complexity index is 668. The van der Waals surface area contributed by atoms with Crippen molar-refractivity contribution in [3.8, 4) is 0 Å². The molecule has 0 atom stereocenters. The molecular weight excluding hydrogens is 336 g/mol. The van der Waals surface area contributed by atoms with Gasteiger partial charge in [0, 0.05) is 37.3 Å². The van der Waals surface area contributed by atoms with E-state index in [0.29, 0.717) is 18.7 Å². The first-order valence-corrected chi connectivity index (χ1v) is 8.44. The maximum absolute atomic E-state index is 12.5. The van der Waals surface area contributed by atoms with Crippen molar-refractivity contribution in [3.05, 3.63) is 71.3 Å². The highest BCUT2D eigenvalue weighted by Crippen LogP contribution is 2.34. The number of carbonyl (C=O) groups excluding carboxylic acids is 1. The van der Waals surface area contributed by atoms with Gasteiger partial charge < -0.3 is 15.8 Å². The molecule has 25 heavy (non-hydrogen) atoms. The van der Waals surface area contributed by atoms with Crippen molar-refractivity contribution in [1.29, 1.82) is 0 Å². The molecule has 0 spiro atoms. The number of rotatable bonds is 5. The third kappa shape index (κ3) is 4.60. The van der Waals surface area contributed by atoms with E-state index < -0.39 is 0 Å². The van der Waals surface area contributed by atoms with Gasteiger partial charge >= 0.3 is 0 Å². The van der Waals surface area contributed by atoms with Gasteiger partial charge in [-0.05, 0) is 36.1 Å². The summed E-state index contributed by atoms with van der Waals surface area (Å²) in [5.41, 5.74) is 8.52. The fourth-order valence-corrected chi connectivity index (χ4v) is 3.27. The van der Waals surface area contributed by atoms with Crippen LogP contribution in [0.5, 0.6) is 0 Å². The zero-order valence-electron chi connectivity index (χ0n) is 14.2. The Morgan fingerprint density at radius 1 is 1.04 bits per heavy atom. The molecular formula is C20H25ClN2O2. The molecule has 2 aromatic rings. The van der Waals surface area contributed by atoms with Gasteiger partial charge in [-0.3, -0.25) is 4.79 Å². The molecule has 1 fully saturated rings. The fourth-order valence-electron chi connectivity index (χ4n) is 3.27. The number of carbonyl (C=O) groups is 1. The number of ether oxygens (including phenoxy) is 1. The fraction of sp³-hybridized carbons (Fsp3) is 0.350. The van der Waals surface area contributed by atoms with Crippen LogP contribution in [-0.2, 0) is 16.7 Å². The highest BCUT2D eigenvalue weighted by molar-refractivity contribution is 5.94. The number of nitrogens with two attached hydrogens (primary N) is 1. The van der Waals surface area contributed by atoms with Crippen molar-refractivity contribution in [2.45, 2.75) is 24.8 Å². The van der Waals surface area contributed by atoms with E-state index in [0.717, 1.165) is 31.6 Å². The third-order valence-corrected chi connectivity index (χ3v) is 4.88. The first-order valence-electron chi connectivity index (χ1n) is 8.44. The van der Waals surface area contributed by atoms with Crippen LogP contribution in [0.4, 0.5) is 0 Å². The van der Waals surface area contributed by atoms with E-state index >= 15 is 0 Å². The van der Waals surface area contributed by atoms with Crippen LogP contribution in [0, 0.1) is 0 Å². The van der Waals surface area contributed by atoms with E-state index in [-0.39, 0.29) is 23.7 Å². The first kappa shape index (κ1) is 19.4. The zero-order valence-corrected chi connectivity index (χ0v) is 15.1. The maximum Gasteiger partial charge on any atom is 0.251 e. The normalized spacial score (nSPS) is 15.9. The minimum absolute atomic E-state index is 0. The van der Waals surface area contributed by atoms with Gasteiger partial charge in [0.15, 0.2) is 0 Å². The number of hydrogen-bond acceptors (Lipinski definition) is 3. The molecule has 1 aliphatic rings. The van der Waals surface area contributed by atoms with Crippen molar-refractivity contribution in [2.75, 3.05) is 19.8 Å². The van der Waals surface area contributed by atoms with Gasteiger partial charge in [0.1, 0.15) is 0 Å². The molecule has 134 valence electrons. The Balaban J connectivity index is 0.00000225. The Morgan fingerprint density at radius 2 is 1.68 bits per heavy atom. The molecule has 1 saturated heterocycles. The van der Waals surface area contributed by atoms with Crippen molar-refractivity contribution < 1.29 is 9.53 Å². The average molecular weight is 361 g/mol. The Kier molecular flexibility index (Phi) is 7.00. The molecule has 2 aromatic carbocycles. The maximum atomic E-state index is 12.5. The molecule has 1 heterocycles. The summed E-state index contributed by atoms with van der Waals surface area (Å²) in [7, 11) is 0. The minimum atomic E-state index is -0.0492. The number of halogens is 1. The van der Waals surface area contributed by atoms with Crippen LogP contribution in [0.25, 0.3) is 0 Å². The topological polar surface area (TPSA) is 64.4 Å². The summed E-state index contributed by atoms with van der Waals surface area (Å²) in [5.74, 6) is -0.0413. The summed E-state index contributed by atoms with van der Waals surface area (Å²) in [5, 5.41) is 3.12. The third-order valence-electron chi connectivity index (χ3n) is 4.88. The second kappa shape index (κ2) is 8.99. The average Bonchev–Trinajstić information content (AvgIpc) is 2.67. The van der Waals surface area contributed by atoms with Crippen LogP contribution in [0.2, 0.25) is 0 Å². The monoisotopic (exact) mass is 360 g/mol. The highest BCUT2D eigenvalue weighted by atomic mass is 35.5. The van der Waals surface area contributed by atoms with Gasteiger partial charge in [0.25, 0.3) is 5.91 Å². The molecule has 1 amide bonds. The molecule has 3 rings (SSSR count). The van der Waals surface area contributed by atoms with Gasteiger partial charge in [-0.1, -0.05) is 42.5 Å². The predicted octanol–water partition coefficient (Wildman–Crippen LogP) is 3.05. The van der Waals surface area contributed by atoms with Crippen LogP contribution < -0.4 is 11.1 Å². The molecule has 3 N–H and O–H groups in total. The van der Waals surface area contributed by atoms with Crippen LogP contribution in [-0.4, -0.2) is 25.7 Å². The van der Waals surface area contributed by atoms with Crippen molar-refractivity contribution >= 4 is 18.3 Å². The van der Waals surface area contributed by atoms with Crippen molar-refractivity contribution in [2.24, 2.45) is 5.73 Å². The van der Waals surface area contributed by atoms with E-state index in [9.17, 15) is 4.79 Å². The van der Waals surface area contributed by atoms with Crippen LogP contribution in [0.15, 0.2) is 54.6 Å². The van der Waals surface area contributed by atoms with Crippen molar-refractivity contribution in [1.82, 2.24) is 5.32 Å². The number of nitrogens with one attached hydrogen (secondary N) is 1. The lowest BCUT2D eigenvalue weighted by molar-refractivity contribution is 0.0487. The Morgan fingerprint density at radius 3 is 2.28 bits per heavy atom. The molecule has 0 aliphatic carbocycles. The Hall–Kier alpha value is -1.88. The summed E-state index contributed by atoms with van der Waals surface area (Å²) in [4.78, 5) is 12.5. The quantitative estimate of drug-likeness (QED) is 0.861. The molecule has 0 radical (unpaired) electrons. The van der Waals surface area contributed by atoms with E-state index in [1.165, 1.54) is 5.56 Å². The predicted molar refractivity (Wildman–Crippen MR) is 102 cm³/mol. The first-order chi connectivity index (χ1) is 11.7. The number of hydrogen-bond donors (Lipinski definition) is 2. The van der Waals surface area contributed by atoms with E-state index in [4.69, 9.17) is 10.5 Å². The lowest BCUT2D eigenvalue weighted by Crippen LogP contribution is -2.44. The van der Waals surface area contributed by atoms with Gasteiger partial charge in [0.05, 0.1) is 0 Å². The van der Waals surface area contributed by atoms with Gasteiger partial charge in [-0.15, -0.1) is 12.4 Å². The van der Waals surface area contributed by atoms with Gasteiger partial charge in [-0.25, -0.2) is 0 Å². The molecule has 0 aromatic heterocycles. The van der Waals surface area contributed by atoms with Crippen LogP contribution in [0.1, 0.15) is 34.3 Å². The minimum Gasteiger partial charge on any atom is -0.381 e. The summed E-state index contributed by atoms with van der Waals surface area (Å²) in [6, 6.07) is 17.9. The van der Waals surface area contributed by atoms with E-state index in [2.05, 4.69) is 29.6 Å². The highest BCUT2D eigenvalue weighted by Gasteiger charge is 2.34. The molecule has 5 heteroatoms. The standard InChI is InChI=1S/C20H24N2O2.ClH/c21-14-16-6-8-17(9-7-16)19(23)22-15-20(10-12-24-13-11-20)18-4-2-1-3-5-18;/h1-9H,10-15,21H2,(H,22,23);1H. The van der Waals surface area contributed by atoms with Gasteiger partial charge in [-0.2, -0.15) is 0 Å². The summed E-state index contributed by atoms with van der Waals surface area (Å²) in [6.45, 7) is 2.57. The SMILES string of the molecule is Cl.NCc1ccc(C(=O)NCC2(c3ccccc3)CCOCC2)cc1. The number of benzene rings is 2. The molecule has 0 saturated carbocycles. The zero-order chi connectivity index (χ0) is 16.8. The molecule has 4 nitrogen and oxygen atoms in total. The smallest absolute Gasteiger partial charge is 0.251 e. The summed E-state index contributed by atoms with van der Waals surface area (Å²) < 4.78 is 5.54. The van der Waals surface area contributed by atoms with Crippen molar-refractivity contribution in [3.63, 3.8) is 0 Å². The largest absolute Gasteiger partial charge is 0.381 e. The van der Waals surface area contributed by atoms with Gasteiger partial charge in [0.2, 0.25) is 0 Å². The Labute approximate surface area is 155 Å². The second-order valence-electron chi connectivity index (χ2n) is 6.34.